The molecule has 25 heavy (non-hydrogen) atoms. The molecule has 2 nitrogen and oxygen atoms in total. The van der Waals surface area contributed by atoms with Gasteiger partial charge in [0.1, 0.15) is 0 Å². The van der Waals surface area contributed by atoms with E-state index in [0.29, 0.717) is 11.8 Å². The zero-order valence-corrected chi connectivity index (χ0v) is 16.9. The second-order valence-corrected chi connectivity index (χ2v) is 8.24. The van der Waals surface area contributed by atoms with Crippen LogP contribution in [0.3, 0.4) is 0 Å². The van der Waals surface area contributed by atoms with Gasteiger partial charge in [0.25, 0.3) is 0 Å². The van der Waals surface area contributed by atoms with Crippen molar-refractivity contribution in [3.8, 4) is 0 Å². The van der Waals surface area contributed by atoms with Crippen molar-refractivity contribution >= 4 is 0 Å². The molecule has 0 aromatic heterocycles. The van der Waals surface area contributed by atoms with Gasteiger partial charge in [0, 0.05) is 5.41 Å². The molecule has 0 spiro atoms. The molecule has 1 aliphatic rings. The molecule has 1 unspecified atom stereocenters. The van der Waals surface area contributed by atoms with Crippen LogP contribution in [0, 0.1) is 11.3 Å². The fraction of sp³-hybridized carbons (Fsp3) is 0.565. The molecular weight excluding hydrogens is 304 g/mol. The van der Waals surface area contributed by atoms with E-state index in [1.807, 2.05) is 0 Å². The Morgan fingerprint density at radius 3 is 2.24 bits per heavy atom. The first-order chi connectivity index (χ1) is 11.7. The second-order valence-electron chi connectivity index (χ2n) is 8.24. The smallest absolute Gasteiger partial charge is 0.0957 e. The van der Waals surface area contributed by atoms with E-state index in [4.69, 9.17) is 11.5 Å². The van der Waals surface area contributed by atoms with E-state index in [1.165, 1.54) is 22.3 Å². The van der Waals surface area contributed by atoms with Gasteiger partial charge in [0.15, 0.2) is 0 Å². The van der Waals surface area contributed by atoms with Crippen LogP contribution in [0.5, 0.6) is 0 Å². The van der Waals surface area contributed by atoms with Gasteiger partial charge in [-0.05, 0) is 53.4 Å². The van der Waals surface area contributed by atoms with Gasteiger partial charge in [-0.2, -0.15) is 0 Å². The van der Waals surface area contributed by atoms with Crippen molar-refractivity contribution in [3.63, 3.8) is 0 Å². The Labute approximate surface area is 154 Å². The highest BCUT2D eigenvalue weighted by atomic mass is 15.0. The summed E-state index contributed by atoms with van der Waals surface area (Å²) in [6, 6.07) is 8.94. The molecule has 0 saturated carbocycles. The van der Waals surface area contributed by atoms with Crippen molar-refractivity contribution < 1.29 is 0 Å². The molecule has 1 aliphatic carbocycles. The van der Waals surface area contributed by atoms with Gasteiger partial charge in [-0.1, -0.05) is 78.0 Å². The predicted molar refractivity (Wildman–Crippen MR) is 109 cm³/mol. The van der Waals surface area contributed by atoms with Gasteiger partial charge in [0.2, 0.25) is 0 Å². The molecule has 0 amide bonds. The minimum Gasteiger partial charge on any atom is -0.309 e. The quantitative estimate of drug-likeness (QED) is 0.691. The summed E-state index contributed by atoms with van der Waals surface area (Å²) in [6.45, 7) is 13.3. The standard InChI is InChI=1S/C23H36N2/c1-7-21-14-19(12-18-10-9-11-20(13-18)16(3)4)15-22(8-2,17(5)6)23(21,24)25/h9-11,13-17H,7-8,12,24-25H2,1-6H3. The molecule has 0 heterocycles. The zero-order valence-electron chi connectivity index (χ0n) is 16.9. The third kappa shape index (κ3) is 3.61. The maximum atomic E-state index is 6.71. The van der Waals surface area contributed by atoms with Crippen LogP contribution in [-0.2, 0) is 6.42 Å². The lowest BCUT2D eigenvalue weighted by Gasteiger charge is -2.51. The van der Waals surface area contributed by atoms with Crippen molar-refractivity contribution in [1.29, 1.82) is 0 Å². The van der Waals surface area contributed by atoms with Crippen molar-refractivity contribution in [1.82, 2.24) is 0 Å². The minimum atomic E-state index is -0.770. The maximum absolute atomic E-state index is 6.71. The van der Waals surface area contributed by atoms with Crippen molar-refractivity contribution in [3.05, 3.63) is 58.7 Å². The van der Waals surface area contributed by atoms with Gasteiger partial charge in [-0.15, -0.1) is 0 Å². The van der Waals surface area contributed by atoms with Crippen molar-refractivity contribution in [2.45, 2.75) is 72.4 Å². The normalized spacial score (nSPS) is 23.0. The van der Waals surface area contributed by atoms with E-state index in [2.05, 4.69) is 78.0 Å². The number of hydrogen-bond donors (Lipinski definition) is 2. The molecule has 1 atom stereocenters. The highest BCUT2D eigenvalue weighted by Gasteiger charge is 2.49. The number of benzene rings is 1. The summed E-state index contributed by atoms with van der Waals surface area (Å²) in [5.41, 5.74) is 17.7. The Balaban J connectivity index is 2.46. The first-order valence-corrected chi connectivity index (χ1v) is 9.77. The molecule has 2 heteroatoms. The number of hydrogen-bond acceptors (Lipinski definition) is 2. The Kier molecular flexibility index (Phi) is 5.96. The highest BCUT2D eigenvalue weighted by molar-refractivity contribution is 5.43. The van der Waals surface area contributed by atoms with Crippen LogP contribution >= 0.6 is 0 Å². The van der Waals surface area contributed by atoms with Gasteiger partial charge in [0.05, 0.1) is 5.66 Å². The summed E-state index contributed by atoms with van der Waals surface area (Å²) >= 11 is 0. The van der Waals surface area contributed by atoms with Gasteiger partial charge < -0.3 is 11.5 Å². The molecule has 0 bridgehead atoms. The first kappa shape index (κ1) is 19.9. The molecule has 1 aromatic rings. The highest BCUT2D eigenvalue weighted by Crippen LogP contribution is 2.47. The average molecular weight is 341 g/mol. The number of allylic oxidation sites excluding steroid dienone is 2. The summed E-state index contributed by atoms with van der Waals surface area (Å²) in [6.07, 6.45) is 7.40. The van der Waals surface area contributed by atoms with Crippen LogP contribution in [0.15, 0.2) is 47.6 Å². The number of rotatable bonds is 6. The summed E-state index contributed by atoms with van der Waals surface area (Å²) < 4.78 is 0. The predicted octanol–water partition coefficient (Wildman–Crippen LogP) is 5.30. The molecule has 4 N–H and O–H groups in total. The molecule has 0 saturated heterocycles. The summed E-state index contributed by atoms with van der Waals surface area (Å²) in [4.78, 5) is 0. The molecule has 1 aromatic carbocycles. The van der Waals surface area contributed by atoms with E-state index >= 15 is 0 Å². The largest absolute Gasteiger partial charge is 0.309 e. The van der Waals surface area contributed by atoms with Crippen LogP contribution in [0.4, 0.5) is 0 Å². The Morgan fingerprint density at radius 2 is 1.72 bits per heavy atom. The zero-order chi connectivity index (χ0) is 18.8. The van der Waals surface area contributed by atoms with Crippen molar-refractivity contribution in [2.75, 3.05) is 0 Å². The number of nitrogens with two attached hydrogens (primary N) is 2. The van der Waals surface area contributed by atoms with Crippen LogP contribution < -0.4 is 11.5 Å². The molecular formula is C23H36N2. The lowest BCUT2D eigenvalue weighted by molar-refractivity contribution is 0.134. The third-order valence-electron chi connectivity index (χ3n) is 6.13. The van der Waals surface area contributed by atoms with Crippen LogP contribution in [-0.4, -0.2) is 5.66 Å². The Hall–Kier alpha value is -1.38. The lowest BCUT2D eigenvalue weighted by atomic mass is 9.60. The third-order valence-corrected chi connectivity index (χ3v) is 6.13. The van der Waals surface area contributed by atoms with E-state index in [1.54, 1.807) is 0 Å². The van der Waals surface area contributed by atoms with Gasteiger partial charge in [-0.3, -0.25) is 0 Å². The monoisotopic (exact) mass is 340 g/mol. The fourth-order valence-corrected chi connectivity index (χ4v) is 4.38. The van der Waals surface area contributed by atoms with Gasteiger partial charge >= 0.3 is 0 Å². The summed E-state index contributed by atoms with van der Waals surface area (Å²) in [5, 5.41) is 0. The fourth-order valence-electron chi connectivity index (χ4n) is 4.38. The maximum Gasteiger partial charge on any atom is 0.0957 e. The SMILES string of the molecule is CCC1=CC(Cc2cccc(C(C)C)c2)=CC(CC)(C(C)C)C1(N)N. The van der Waals surface area contributed by atoms with E-state index in [0.717, 1.165) is 19.3 Å². The first-order valence-electron chi connectivity index (χ1n) is 9.77. The summed E-state index contributed by atoms with van der Waals surface area (Å²) in [7, 11) is 0. The minimum absolute atomic E-state index is 0.196. The topological polar surface area (TPSA) is 52.0 Å². The molecule has 0 aliphatic heterocycles. The average Bonchev–Trinajstić information content (AvgIpc) is 2.55. The Bertz CT molecular complexity index is 664. The second kappa shape index (κ2) is 7.47. The van der Waals surface area contributed by atoms with Crippen LogP contribution in [0.1, 0.15) is 71.4 Å². The van der Waals surface area contributed by atoms with Crippen LogP contribution in [0.25, 0.3) is 0 Å². The molecule has 0 fully saturated rings. The van der Waals surface area contributed by atoms with E-state index < -0.39 is 5.66 Å². The molecule has 2 rings (SSSR count). The van der Waals surface area contributed by atoms with E-state index in [-0.39, 0.29) is 5.41 Å². The summed E-state index contributed by atoms with van der Waals surface area (Å²) in [5.74, 6) is 0.938. The molecule has 0 radical (unpaired) electrons. The van der Waals surface area contributed by atoms with E-state index in [9.17, 15) is 0 Å². The van der Waals surface area contributed by atoms with Crippen molar-refractivity contribution in [2.24, 2.45) is 22.8 Å². The van der Waals surface area contributed by atoms with Crippen LogP contribution in [0.2, 0.25) is 0 Å². The Morgan fingerprint density at radius 1 is 1.04 bits per heavy atom. The lowest BCUT2D eigenvalue weighted by Crippen LogP contribution is -2.65. The van der Waals surface area contributed by atoms with Gasteiger partial charge in [-0.25, -0.2) is 0 Å². The molecule has 138 valence electrons.